The Labute approximate surface area is 151 Å². The van der Waals surface area contributed by atoms with Gasteiger partial charge in [0.1, 0.15) is 5.57 Å². The summed E-state index contributed by atoms with van der Waals surface area (Å²) < 4.78 is 11.2. The molecule has 0 N–H and O–H groups in total. The normalized spacial score (nSPS) is 18.3. The first-order chi connectivity index (χ1) is 12.6. The van der Waals surface area contributed by atoms with Crippen LogP contribution in [0.4, 0.5) is 5.69 Å². The van der Waals surface area contributed by atoms with E-state index in [9.17, 15) is 9.59 Å². The third-order valence-electron chi connectivity index (χ3n) is 4.66. The Morgan fingerprint density at radius 2 is 2.04 bits per heavy atom. The molecule has 0 aliphatic carbocycles. The number of carbonyl (C=O) groups excluding carboxylic acids is 2. The summed E-state index contributed by atoms with van der Waals surface area (Å²) in [7, 11) is 0. The molecular formula is C21H19NO4. The van der Waals surface area contributed by atoms with E-state index < -0.39 is 5.97 Å². The molecule has 0 fully saturated rings. The van der Waals surface area contributed by atoms with Crippen LogP contribution < -0.4 is 9.64 Å². The standard InChI is InChI=1S/C21H19NO4/c1-3-25-21(24)19-15(14-8-6-7-13(2)11-14)12-18(23)22-16-9-4-5-10-17(16)26-20(19)22/h4-11,15H,3,12H2,1-2H3/t15-/m1/s1. The predicted molar refractivity (Wildman–Crippen MR) is 96.8 cm³/mol. The summed E-state index contributed by atoms with van der Waals surface area (Å²) in [5, 5.41) is 0. The van der Waals surface area contributed by atoms with Gasteiger partial charge < -0.3 is 9.47 Å². The molecule has 0 aromatic heterocycles. The van der Waals surface area contributed by atoms with Crippen LogP contribution in [-0.2, 0) is 14.3 Å². The van der Waals surface area contributed by atoms with Crippen molar-refractivity contribution in [1.29, 1.82) is 0 Å². The zero-order valence-corrected chi connectivity index (χ0v) is 14.7. The summed E-state index contributed by atoms with van der Waals surface area (Å²) in [5.74, 6) is -0.0826. The number of para-hydroxylation sites is 2. The van der Waals surface area contributed by atoms with E-state index in [4.69, 9.17) is 9.47 Å². The highest BCUT2D eigenvalue weighted by atomic mass is 16.5. The fraction of sp³-hybridized carbons (Fsp3) is 0.238. The second-order valence-electron chi connectivity index (χ2n) is 6.41. The van der Waals surface area contributed by atoms with E-state index in [1.807, 2.05) is 49.4 Å². The minimum absolute atomic E-state index is 0.0931. The number of esters is 1. The number of rotatable bonds is 3. The van der Waals surface area contributed by atoms with E-state index in [0.29, 0.717) is 17.0 Å². The van der Waals surface area contributed by atoms with Gasteiger partial charge in [0.05, 0.1) is 12.3 Å². The van der Waals surface area contributed by atoms with Gasteiger partial charge in [0.25, 0.3) is 0 Å². The lowest BCUT2D eigenvalue weighted by molar-refractivity contribution is -0.139. The maximum absolute atomic E-state index is 12.9. The maximum Gasteiger partial charge on any atom is 0.340 e. The molecule has 0 unspecified atom stereocenters. The Bertz CT molecular complexity index is 931. The molecular weight excluding hydrogens is 330 g/mol. The molecule has 1 atom stereocenters. The minimum Gasteiger partial charge on any atom is -0.462 e. The van der Waals surface area contributed by atoms with Crippen molar-refractivity contribution in [2.45, 2.75) is 26.2 Å². The highest BCUT2D eigenvalue weighted by Crippen LogP contribution is 2.47. The molecule has 1 amide bonds. The Kier molecular flexibility index (Phi) is 3.99. The second kappa shape index (κ2) is 6.33. The largest absolute Gasteiger partial charge is 0.462 e. The number of nitrogens with zero attached hydrogens (tertiary/aromatic N) is 1. The van der Waals surface area contributed by atoms with Crippen molar-refractivity contribution in [1.82, 2.24) is 0 Å². The molecule has 0 bridgehead atoms. The quantitative estimate of drug-likeness (QED) is 0.793. The summed E-state index contributed by atoms with van der Waals surface area (Å²) >= 11 is 0. The maximum atomic E-state index is 12.9. The van der Waals surface area contributed by atoms with Gasteiger partial charge >= 0.3 is 5.97 Å². The fourth-order valence-electron chi connectivity index (χ4n) is 3.54. The molecule has 5 heteroatoms. The number of carbonyl (C=O) groups is 2. The van der Waals surface area contributed by atoms with Gasteiger partial charge in [-0.05, 0) is 31.5 Å². The number of ether oxygens (including phenoxy) is 2. The van der Waals surface area contributed by atoms with Crippen LogP contribution in [0.1, 0.15) is 30.4 Å². The number of anilines is 1. The molecule has 0 spiro atoms. The smallest absolute Gasteiger partial charge is 0.340 e. The third kappa shape index (κ3) is 2.56. The van der Waals surface area contributed by atoms with E-state index in [1.165, 1.54) is 4.90 Å². The summed E-state index contributed by atoms with van der Waals surface area (Å²) in [6.45, 7) is 4.01. The van der Waals surface area contributed by atoms with Crippen LogP contribution in [0.2, 0.25) is 0 Å². The molecule has 26 heavy (non-hydrogen) atoms. The van der Waals surface area contributed by atoms with Crippen LogP contribution in [0.3, 0.4) is 0 Å². The van der Waals surface area contributed by atoms with Gasteiger partial charge in [0.2, 0.25) is 11.8 Å². The lowest BCUT2D eigenvalue weighted by Gasteiger charge is -2.30. The van der Waals surface area contributed by atoms with Crippen LogP contribution in [0, 0.1) is 6.92 Å². The molecule has 2 aliphatic heterocycles. The van der Waals surface area contributed by atoms with Crippen LogP contribution in [0.15, 0.2) is 60.0 Å². The van der Waals surface area contributed by atoms with Gasteiger partial charge in [0, 0.05) is 12.3 Å². The highest BCUT2D eigenvalue weighted by molar-refractivity contribution is 6.06. The van der Waals surface area contributed by atoms with Crippen molar-refractivity contribution in [3.8, 4) is 5.75 Å². The third-order valence-corrected chi connectivity index (χ3v) is 4.66. The second-order valence-corrected chi connectivity index (χ2v) is 6.41. The lowest BCUT2D eigenvalue weighted by atomic mass is 9.85. The molecule has 4 rings (SSSR count). The molecule has 2 heterocycles. The highest BCUT2D eigenvalue weighted by Gasteiger charge is 2.44. The van der Waals surface area contributed by atoms with Crippen LogP contribution in [-0.4, -0.2) is 18.5 Å². The minimum atomic E-state index is -0.445. The Morgan fingerprint density at radius 3 is 2.81 bits per heavy atom. The van der Waals surface area contributed by atoms with Crippen molar-refractivity contribution in [2.24, 2.45) is 0 Å². The number of hydrogen-bond acceptors (Lipinski definition) is 4. The SMILES string of the molecule is CCOC(=O)C1=C2Oc3ccccc3N2C(=O)C[C@@H]1c1cccc(C)c1. The molecule has 2 aliphatic rings. The van der Waals surface area contributed by atoms with Crippen LogP contribution in [0.5, 0.6) is 5.75 Å². The monoisotopic (exact) mass is 349 g/mol. The molecule has 2 aromatic rings. The van der Waals surface area contributed by atoms with Gasteiger partial charge in [-0.15, -0.1) is 0 Å². The number of aryl methyl sites for hydroxylation is 1. The van der Waals surface area contributed by atoms with Crippen LogP contribution in [0.25, 0.3) is 0 Å². The Morgan fingerprint density at radius 1 is 1.23 bits per heavy atom. The van der Waals surface area contributed by atoms with Gasteiger partial charge in [-0.2, -0.15) is 0 Å². The Balaban J connectivity index is 1.89. The van der Waals surface area contributed by atoms with Crippen molar-refractivity contribution in [2.75, 3.05) is 11.5 Å². The molecule has 132 valence electrons. The summed E-state index contributed by atoms with van der Waals surface area (Å²) in [6.07, 6.45) is 0.193. The van der Waals surface area contributed by atoms with E-state index in [0.717, 1.165) is 11.1 Å². The van der Waals surface area contributed by atoms with Crippen molar-refractivity contribution < 1.29 is 19.1 Å². The van der Waals surface area contributed by atoms with Gasteiger partial charge in [0.15, 0.2) is 5.75 Å². The van der Waals surface area contributed by atoms with E-state index in [-0.39, 0.29) is 30.7 Å². The molecule has 5 nitrogen and oxygen atoms in total. The molecule has 0 saturated heterocycles. The first kappa shape index (κ1) is 16.4. The van der Waals surface area contributed by atoms with E-state index >= 15 is 0 Å². The summed E-state index contributed by atoms with van der Waals surface area (Å²) in [6, 6.07) is 15.1. The molecule has 2 aromatic carbocycles. The molecule has 0 saturated carbocycles. The van der Waals surface area contributed by atoms with Gasteiger partial charge in [-0.3, -0.25) is 4.79 Å². The summed E-state index contributed by atoms with van der Waals surface area (Å²) in [5.41, 5.74) is 3.04. The molecule has 0 radical (unpaired) electrons. The van der Waals surface area contributed by atoms with E-state index in [1.54, 1.807) is 13.0 Å². The number of benzene rings is 2. The average Bonchev–Trinajstić information content (AvgIpc) is 3.01. The number of fused-ring (bicyclic) bond motifs is 3. The first-order valence-corrected chi connectivity index (χ1v) is 8.68. The van der Waals surface area contributed by atoms with Crippen LogP contribution >= 0.6 is 0 Å². The van der Waals surface area contributed by atoms with Crippen molar-refractivity contribution >= 4 is 17.6 Å². The number of amides is 1. The first-order valence-electron chi connectivity index (χ1n) is 8.68. The van der Waals surface area contributed by atoms with Crippen molar-refractivity contribution in [3.05, 3.63) is 71.1 Å². The average molecular weight is 349 g/mol. The number of hydrogen-bond donors (Lipinski definition) is 0. The fourth-order valence-corrected chi connectivity index (χ4v) is 3.54. The zero-order chi connectivity index (χ0) is 18.3. The van der Waals surface area contributed by atoms with E-state index in [2.05, 4.69) is 0 Å². The predicted octanol–water partition coefficient (Wildman–Crippen LogP) is 3.68. The Hall–Kier alpha value is -3.08. The zero-order valence-electron chi connectivity index (χ0n) is 14.7. The van der Waals surface area contributed by atoms with Gasteiger partial charge in [-0.1, -0.05) is 42.0 Å². The summed E-state index contributed by atoms with van der Waals surface area (Å²) in [4.78, 5) is 27.2. The van der Waals surface area contributed by atoms with Gasteiger partial charge in [-0.25, -0.2) is 9.69 Å². The van der Waals surface area contributed by atoms with Crippen molar-refractivity contribution in [3.63, 3.8) is 0 Å². The topological polar surface area (TPSA) is 55.8 Å². The lowest BCUT2D eigenvalue weighted by Crippen LogP contribution is -2.38.